The van der Waals surface area contributed by atoms with Gasteiger partial charge in [-0.25, -0.2) is 9.97 Å². The Bertz CT molecular complexity index is 627. The highest BCUT2D eigenvalue weighted by atomic mass is 79.9. The molecule has 0 fully saturated rings. The molecule has 2 heterocycles. The first kappa shape index (κ1) is 14.9. The fourth-order valence-corrected chi connectivity index (χ4v) is 2.94. The maximum absolute atomic E-state index is 11.9. The predicted molar refractivity (Wildman–Crippen MR) is 84.3 cm³/mol. The molecule has 5 nitrogen and oxygen atoms in total. The summed E-state index contributed by atoms with van der Waals surface area (Å²) in [6.07, 6.45) is 0. The van der Waals surface area contributed by atoms with Crippen LogP contribution in [0.25, 0.3) is 0 Å². The Balaban J connectivity index is 2.05. The van der Waals surface area contributed by atoms with E-state index in [1.165, 1.54) is 11.3 Å². The molecular formula is C13H15BrN4OS. The molecule has 1 amide bonds. The van der Waals surface area contributed by atoms with Gasteiger partial charge in [-0.05, 0) is 28.9 Å². The number of hydrogen-bond donors (Lipinski definition) is 1. The Hall–Kier alpha value is -1.47. The highest BCUT2D eigenvalue weighted by Crippen LogP contribution is 2.19. The highest BCUT2D eigenvalue weighted by Gasteiger charge is 2.10. The van der Waals surface area contributed by atoms with Gasteiger partial charge < -0.3 is 10.2 Å². The minimum atomic E-state index is -0.114. The molecule has 0 saturated heterocycles. The zero-order valence-corrected chi connectivity index (χ0v) is 13.9. The second-order valence-electron chi connectivity index (χ2n) is 4.49. The molecule has 0 spiro atoms. The van der Waals surface area contributed by atoms with Crippen molar-refractivity contribution >= 4 is 39.0 Å². The van der Waals surface area contributed by atoms with Crippen LogP contribution in [-0.4, -0.2) is 30.0 Å². The molecule has 0 aliphatic heterocycles. The van der Waals surface area contributed by atoms with Crippen molar-refractivity contribution in [1.29, 1.82) is 0 Å². The summed E-state index contributed by atoms with van der Waals surface area (Å²) in [7, 11) is 3.85. The van der Waals surface area contributed by atoms with Crippen molar-refractivity contribution in [1.82, 2.24) is 15.3 Å². The molecule has 2 aromatic heterocycles. The third-order valence-electron chi connectivity index (χ3n) is 2.54. The number of hydrogen-bond acceptors (Lipinski definition) is 5. The van der Waals surface area contributed by atoms with Crippen LogP contribution in [0.15, 0.2) is 22.0 Å². The van der Waals surface area contributed by atoms with Crippen LogP contribution in [0.5, 0.6) is 0 Å². The lowest BCUT2D eigenvalue weighted by atomic mass is 10.4. The Morgan fingerprint density at radius 1 is 1.40 bits per heavy atom. The average Bonchev–Trinajstić information content (AvgIpc) is 2.82. The number of amides is 1. The van der Waals surface area contributed by atoms with Crippen LogP contribution < -0.4 is 10.2 Å². The molecule has 0 saturated carbocycles. The number of halogens is 1. The molecule has 0 aliphatic rings. The minimum Gasteiger partial charge on any atom is -0.363 e. The molecule has 0 bridgehead atoms. The topological polar surface area (TPSA) is 58.1 Å². The second kappa shape index (κ2) is 6.32. The number of thiophene rings is 1. The van der Waals surface area contributed by atoms with Gasteiger partial charge in [0.25, 0.3) is 5.91 Å². The van der Waals surface area contributed by atoms with Crippen molar-refractivity contribution in [2.45, 2.75) is 13.5 Å². The normalized spacial score (nSPS) is 10.4. The maximum Gasteiger partial charge on any atom is 0.261 e. The number of nitrogens with one attached hydrogen (secondary N) is 1. The van der Waals surface area contributed by atoms with Gasteiger partial charge >= 0.3 is 0 Å². The predicted octanol–water partition coefficient (Wildman–Crippen LogP) is 2.61. The van der Waals surface area contributed by atoms with Crippen molar-refractivity contribution in [2.75, 3.05) is 19.0 Å². The summed E-state index contributed by atoms with van der Waals surface area (Å²) in [6, 6.07) is 3.70. The molecular weight excluding hydrogens is 340 g/mol. The van der Waals surface area contributed by atoms with Crippen molar-refractivity contribution < 1.29 is 4.79 Å². The molecule has 0 atom stereocenters. The van der Waals surface area contributed by atoms with Gasteiger partial charge in [0, 0.05) is 35.7 Å². The summed E-state index contributed by atoms with van der Waals surface area (Å²) in [4.78, 5) is 23.3. The highest BCUT2D eigenvalue weighted by molar-refractivity contribution is 9.10. The largest absolute Gasteiger partial charge is 0.363 e. The van der Waals surface area contributed by atoms with E-state index in [2.05, 4.69) is 31.2 Å². The number of carbonyl (C=O) groups is 1. The SMILES string of the molecule is Cc1cc(N(C)C)nc(CNC(=O)c2cc(Br)cs2)n1. The van der Waals surface area contributed by atoms with Crippen LogP contribution in [0.3, 0.4) is 0 Å². The van der Waals surface area contributed by atoms with Crippen molar-refractivity contribution in [3.63, 3.8) is 0 Å². The monoisotopic (exact) mass is 354 g/mol. The average molecular weight is 355 g/mol. The van der Waals surface area contributed by atoms with Crippen LogP contribution in [0.2, 0.25) is 0 Å². The Morgan fingerprint density at radius 3 is 2.75 bits per heavy atom. The van der Waals surface area contributed by atoms with Crippen LogP contribution in [0.1, 0.15) is 21.2 Å². The van der Waals surface area contributed by atoms with E-state index in [1.54, 1.807) is 6.07 Å². The lowest BCUT2D eigenvalue weighted by molar-refractivity contribution is 0.0954. The van der Waals surface area contributed by atoms with E-state index >= 15 is 0 Å². The first-order chi connectivity index (χ1) is 9.45. The molecule has 7 heteroatoms. The Labute approximate surface area is 130 Å². The lowest BCUT2D eigenvalue weighted by Crippen LogP contribution is -2.24. The second-order valence-corrected chi connectivity index (χ2v) is 6.32. The molecule has 1 N–H and O–H groups in total. The van der Waals surface area contributed by atoms with Crippen LogP contribution >= 0.6 is 27.3 Å². The fourth-order valence-electron chi connectivity index (χ4n) is 1.60. The van der Waals surface area contributed by atoms with E-state index in [-0.39, 0.29) is 5.91 Å². The van der Waals surface area contributed by atoms with E-state index < -0.39 is 0 Å². The molecule has 0 aliphatic carbocycles. The number of aromatic nitrogens is 2. The van der Waals surface area contributed by atoms with Crippen LogP contribution in [0.4, 0.5) is 5.82 Å². The number of anilines is 1. The molecule has 0 aromatic carbocycles. The van der Waals surface area contributed by atoms with Gasteiger partial charge in [0.05, 0.1) is 11.4 Å². The molecule has 0 unspecified atom stereocenters. The summed E-state index contributed by atoms with van der Waals surface area (Å²) >= 11 is 4.73. The van der Waals surface area contributed by atoms with Crippen LogP contribution in [-0.2, 0) is 6.54 Å². The Morgan fingerprint density at radius 2 is 2.15 bits per heavy atom. The minimum absolute atomic E-state index is 0.114. The van der Waals surface area contributed by atoms with E-state index in [9.17, 15) is 4.79 Å². The first-order valence-electron chi connectivity index (χ1n) is 6.00. The summed E-state index contributed by atoms with van der Waals surface area (Å²) in [5.41, 5.74) is 0.881. The smallest absolute Gasteiger partial charge is 0.261 e. The van der Waals surface area contributed by atoms with Gasteiger partial charge in [0.15, 0.2) is 0 Å². The van der Waals surface area contributed by atoms with Gasteiger partial charge in [0.1, 0.15) is 11.6 Å². The number of rotatable bonds is 4. The molecule has 2 aromatic rings. The zero-order chi connectivity index (χ0) is 14.7. The molecule has 2 rings (SSSR count). The van der Waals surface area contributed by atoms with Gasteiger partial charge in [0.2, 0.25) is 0 Å². The quantitative estimate of drug-likeness (QED) is 0.916. The third-order valence-corrected chi connectivity index (χ3v) is 4.23. The van der Waals surface area contributed by atoms with Crippen molar-refractivity contribution in [3.8, 4) is 0 Å². The van der Waals surface area contributed by atoms with Crippen molar-refractivity contribution in [2.24, 2.45) is 0 Å². The lowest BCUT2D eigenvalue weighted by Gasteiger charge is -2.13. The van der Waals surface area contributed by atoms with Crippen molar-refractivity contribution in [3.05, 3.63) is 38.4 Å². The molecule has 20 heavy (non-hydrogen) atoms. The van der Waals surface area contributed by atoms with E-state index in [0.29, 0.717) is 17.2 Å². The fraction of sp³-hybridized carbons (Fsp3) is 0.308. The molecule has 0 radical (unpaired) electrons. The van der Waals surface area contributed by atoms with Gasteiger partial charge in [-0.15, -0.1) is 11.3 Å². The van der Waals surface area contributed by atoms with E-state index in [0.717, 1.165) is 16.0 Å². The summed E-state index contributed by atoms with van der Waals surface area (Å²) in [5.74, 6) is 1.33. The zero-order valence-electron chi connectivity index (χ0n) is 11.5. The van der Waals surface area contributed by atoms with Gasteiger partial charge in [-0.2, -0.15) is 0 Å². The number of nitrogens with zero attached hydrogens (tertiary/aromatic N) is 3. The van der Waals surface area contributed by atoms with Gasteiger partial charge in [-0.1, -0.05) is 0 Å². The standard InChI is InChI=1S/C13H15BrN4OS/c1-8-4-12(18(2)3)17-11(16-8)6-15-13(19)10-5-9(14)7-20-10/h4-5,7H,6H2,1-3H3,(H,15,19). The maximum atomic E-state index is 11.9. The third kappa shape index (κ3) is 3.77. The van der Waals surface area contributed by atoms with E-state index in [4.69, 9.17) is 0 Å². The number of aryl methyl sites for hydroxylation is 1. The Kier molecular flexibility index (Phi) is 4.72. The summed E-state index contributed by atoms with van der Waals surface area (Å²) < 4.78 is 0.911. The van der Waals surface area contributed by atoms with Gasteiger partial charge in [-0.3, -0.25) is 4.79 Å². The summed E-state index contributed by atoms with van der Waals surface area (Å²) in [6.45, 7) is 2.23. The first-order valence-corrected chi connectivity index (χ1v) is 7.67. The summed E-state index contributed by atoms with van der Waals surface area (Å²) in [5, 5.41) is 4.71. The van der Waals surface area contributed by atoms with Crippen LogP contribution in [0, 0.1) is 6.92 Å². The van der Waals surface area contributed by atoms with E-state index in [1.807, 2.05) is 37.4 Å². The molecule has 106 valence electrons. The number of carbonyl (C=O) groups excluding carboxylic acids is 1.